The van der Waals surface area contributed by atoms with Gasteiger partial charge < -0.3 is 207 Å². The second-order valence-electron chi connectivity index (χ2n) is 34.5. The number of rotatable bonds is 15. The molecule has 6 amide bonds. The number of phenols is 3. The number of ether oxygens (including phenoxy) is 14. The van der Waals surface area contributed by atoms with Gasteiger partial charge in [0.1, 0.15) is 174 Å². The highest BCUT2D eigenvalue weighted by Gasteiger charge is 2.55. The minimum Gasteiger partial charge on any atom is -0.508 e. The maximum atomic E-state index is 17.3. The van der Waals surface area contributed by atoms with Gasteiger partial charge >= 0.3 is 5.97 Å². The first-order valence-electron chi connectivity index (χ1n) is 43.6. The number of phenolic OH excluding ortho intramolecular Hbond substituents is 3. The van der Waals surface area contributed by atoms with E-state index in [4.69, 9.17) is 89.4 Å². The first-order valence-corrected chi connectivity index (χ1v) is 44.0. The topological polar surface area (TPSA) is 757 Å². The smallest absolute Gasteiger partial charge is 0.333 e. The number of methoxy groups -OCH3 is 1. The van der Waals surface area contributed by atoms with E-state index in [0.29, 0.717) is 0 Å². The average Bonchev–Trinajstić information content (AvgIpc) is 1.53. The van der Waals surface area contributed by atoms with Crippen LogP contribution < -0.4 is 71.8 Å². The first-order chi connectivity index (χ1) is 66.2. The third-order valence-corrected chi connectivity index (χ3v) is 25.6. The summed E-state index contributed by atoms with van der Waals surface area (Å²) < 4.78 is 87.3. The van der Waals surface area contributed by atoms with Gasteiger partial charge in [-0.2, -0.15) is 0 Å². The SMILES string of the molecule is COC(=O)C1NC(=O)C2NC(=O)C(NC(=O)C3NC(=O)C4NC(=O)C(Cc5ccc(cc5)Oc5cc3cc(c5OC3O[C@H](CO)[C@@H](O)[C@H](O)[C@H]3OC3O[C@H](CO)[C@@H](O)[C@H](O)[C@@H]3O)Oc3ccc(cc3Cl)C2OC2C[C@@H](N)[C@H](O)[C@@H](C)O2)NC(=O)C(N)c2ccc(O)c(c2)Oc2cc4cc(OC3O[C@H](CO)[C@@H](O)[C@H](O)[C@@H]3O)c2C)c2ccc(O)c(c2)-c2c(OC3O[C@H](CO)[C@@H](O)[C@H](O)[C@@H]3O)cc(O)cc21. The summed E-state index contributed by atoms with van der Waals surface area (Å²) in [6, 6.07) is 4.32. The third kappa shape index (κ3) is 20.1. The van der Waals surface area contributed by atoms with Gasteiger partial charge in [-0.1, -0.05) is 41.9 Å². The molecule has 0 aromatic heterocycles. The normalized spacial score (nSPS) is 34.2. The van der Waals surface area contributed by atoms with E-state index in [2.05, 4.69) is 31.9 Å². The second kappa shape index (κ2) is 41.2. The van der Waals surface area contributed by atoms with Gasteiger partial charge in [-0.25, -0.2) is 4.79 Å². The van der Waals surface area contributed by atoms with Gasteiger partial charge in [0, 0.05) is 47.2 Å². The molecule has 5 fully saturated rings. The van der Waals surface area contributed by atoms with E-state index >= 15 is 24.0 Å². The summed E-state index contributed by atoms with van der Waals surface area (Å²) in [4.78, 5) is 113. The van der Waals surface area contributed by atoms with Crippen molar-refractivity contribution in [2.45, 2.75) is 222 Å². The van der Waals surface area contributed by atoms with Crippen molar-refractivity contribution in [3.8, 4) is 80.1 Å². The van der Waals surface area contributed by atoms with Crippen molar-refractivity contribution in [2.75, 3.05) is 33.5 Å². The fourth-order valence-corrected chi connectivity index (χ4v) is 17.7. The number of carbonyl (C=O) groups excluding carboxylic acids is 7. The highest BCUT2D eigenvalue weighted by molar-refractivity contribution is 6.32. The average molecular weight is 1970 g/mol. The highest BCUT2D eigenvalue weighted by Crippen LogP contribution is 2.52. The Balaban J connectivity index is 0.960. The Morgan fingerprint density at radius 2 is 0.971 bits per heavy atom. The zero-order valence-electron chi connectivity index (χ0n) is 73.3. The molecule has 0 radical (unpaired) electrons. The molecule has 139 heavy (non-hydrogen) atoms. The Bertz CT molecular complexity index is 5760. The fraction of sp³-hybridized carbons (Fsp3) is 0.456. The van der Waals surface area contributed by atoms with Gasteiger partial charge in [0.05, 0.1) is 50.8 Å². The van der Waals surface area contributed by atoms with Gasteiger partial charge in [-0.3, -0.25) is 28.8 Å². The molecular weight excluding hydrogens is 1870 g/mol. The molecule has 0 spiro atoms. The number of esters is 1. The maximum absolute atomic E-state index is 17.3. The van der Waals surface area contributed by atoms with Crippen molar-refractivity contribution in [1.82, 2.24) is 31.9 Å². The largest absolute Gasteiger partial charge is 0.508 e. The van der Waals surface area contributed by atoms with Crippen LogP contribution in [0.4, 0.5) is 0 Å². The molecule has 7 aromatic carbocycles. The van der Waals surface area contributed by atoms with Gasteiger partial charge in [0.2, 0.25) is 60.1 Å². The summed E-state index contributed by atoms with van der Waals surface area (Å²) >= 11 is 7.49. The number of hydrogen-bond donors (Lipinski definition) is 27. The highest BCUT2D eigenvalue weighted by atomic mass is 35.5. The van der Waals surface area contributed by atoms with Gasteiger partial charge in [0.15, 0.2) is 47.7 Å². The lowest BCUT2D eigenvalue weighted by Crippen LogP contribution is -2.65. The number of aromatic hydroxyl groups is 3. The van der Waals surface area contributed by atoms with Crippen molar-refractivity contribution < 1.29 is 197 Å². The van der Waals surface area contributed by atoms with Crippen LogP contribution in [0.2, 0.25) is 5.02 Å². The molecule has 13 unspecified atom stereocenters. The van der Waals surface area contributed by atoms with Crippen molar-refractivity contribution in [3.63, 3.8) is 0 Å². The zero-order valence-corrected chi connectivity index (χ0v) is 74.0. The maximum Gasteiger partial charge on any atom is 0.333 e. The van der Waals surface area contributed by atoms with Crippen LogP contribution in [0.5, 0.6) is 69.0 Å². The summed E-state index contributed by atoms with van der Waals surface area (Å²) in [7, 11) is 0.873. The predicted molar refractivity (Wildman–Crippen MR) is 462 cm³/mol. The Morgan fingerprint density at radius 1 is 0.453 bits per heavy atom. The van der Waals surface area contributed by atoms with Gasteiger partial charge in [0.25, 0.3) is 0 Å². The molecule has 5 saturated heterocycles. The van der Waals surface area contributed by atoms with E-state index in [9.17, 15) is 107 Å². The van der Waals surface area contributed by atoms with Crippen LogP contribution in [-0.2, 0) is 77.9 Å². The Morgan fingerprint density at radius 3 is 1.58 bits per heavy atom. The van der Waals surface area contributed by atoms with Crippen LogP contribution >= 0.6 is 11.6 Å². The van der Waals surface area contributed by atoms with E-state index in [1.54, 1.807) is 0 Å². The summed E-state index contributed by atoms with van der Waals surface area (Å²) in [5.74, 6) is -17.1. The van der Waals surface area contributed by atoms with Crippen LogP contribution in [0.1, 0.15) is 94.2 Å². The Labute approximate surface area is 790 Å². The van der Waals surface area contributed by atoms with E-state index in [1.807, 2.05) is 0 Å². The summed E-state index contributed by atoms with van der Waals surface area (Å²) in [6.45, 7) is -1.38. The molecule has 18 rings (SSSR count). The molecule has 11 aliphatic heterocycles. The van der Waals surface area contributed by atoms with Crippen molar-refractivity contribution in [1.29, 1.82) is 0 Å². The van der Waals surface area contributed by atoms with Crippen LogP contribution in [0.15, 0.2) is 115 Å². The number of nitrogens with one attached hydrogen (secondary N) is 6. The standard InChI is InChI=1S/C90H101ClN8O40/c1-29-47-18-35(19-48(29)131-87-74(116)70(112)66(108)53(25-100)133-87)61-83(122)97-62-36-20-51(128-38-9-4-31(5-10-38)14-43(80(119)95-61)94-81(120)59(93)32-6-12-45(106)49(17-32)130-47)78(138-90-79(73(115)69(111)56(28-103)136-90)139-89-76(118)72(114)68(110)55(27-102)135-89)52(21-36)129-46-13-8-34(16-41(46)91)77(137-57-24-42(92)65(107)30(2)127-57)64-85(124)98-63(86(125)126-3)40-22-37(104)23-50(132-88-75(117)71(113)67(109)54(26-101)134-88)58(40)39-15-33(7-11-44(39)105)60(82(121)99-64)96-84(62)123/h4-13,15-23,30,42-43,53-57,59-77,79,87-90,100-118H,14,24-28,92-93H2,1-3H3,(H,94,120)(H,95,119)(H,96,123)(H,97,122)(H,98,124)(H,99,121)/t30-,42-,43?,53-,54-,55-,56-,57?,59?,60?,61?,62?,63?,64?,65-,66-,67-,68-,69-,70+,71+,72+,73+,74+,75+,76+,77?,79-,87?,88?,89?,90?/m1/s1. The molecule has 11 heterocycles. The predicted octanol–water partition coefficient (Wildman–Crippen LogP) is -5.18. The molecule has 0 saturated carbocycles. The summed E-state index contributed by atoms with van der Waals surface area (Å²) in [5.41, 5.74) is 9.69. The number of aliphatic hydroxyl groups is 16. The van der Waals surface area contributed by atoms with Crippen molar-refractivity contribution in [3.05, 3.63) is 165 Å². The number of amides is 6. The van der Waals surface area contributed by atoms with Crippen LogP contribution in [0.25, 0.3) is 11.1 Å². The quantitative estimate of drug-likeness (QED) is 0.0427. The van der Waals surface area contributed by atoms with Crippen molar-refractivity contribution in [2.24, 2.45) is 11.5 Å². The van der Waals surface area contributed by atoms with E-state index in [0.717, 1.165) is 86.0 Å². The number of benzene rings is 7. The fourth-order valence-electron chi connectivity index (χ4n) is 17.5. The first kappa shape index (κ1) is 100. The minimum absolute atomic E-state index is 0.0338. The number of fused-ring (bicyclic) bond motifs is 14. The molecule has 0 aliphatic carbocycles. The molecule has 49 heteroatoms. The number of nitrogens with two attached hydrogens (primary N) is 2. The number of carbonyl (C=O) groups is 7. The van der Waals surface area contributed by atoms with E-state index < -0.39 is 378 Å². The minimum atomic E-state index is -2.59. The molecule has 11 aliphatic rings. The Kier molecular flexibility index (Phi) is 29.8. The van der Waals surface area contributed by atoms with E-state index in [-0.39, 0.29) is 28.0 Å². The molecule has 29 N–H and O–H groups in total. The second-order valence-corrected chi connectivity index (χ2v) is 34.9. The Hall–Kier alpha value is -11.7. The summed E-state index contributed by atoms with van der Waals surface area (Å²) in [5, 5.41) is 229. The summed E-state index contributed by atoms with van der Waals surface area (Å²) in [6.07, 6.45) is -48.4. The molecular formula is C90H101ClN8O40. The molecule has 17 bridgehead atoms. The monoisotopic (exact) mass is 1970 g/mol. The lowest BCUT2D eigenvalue weighted by molar-refractivity contribution is -0.358. The molecule has 748 valence electrons. The van der Waals surface area contributed by atoms with Gasteiger partial charge in [-0.05, 0) is 126 Å². The third-order valence-electron chi connectivity index (χ3n) is 25.4. The molecule has 48 nitrogen and oxygen atoms in total. The molecule has 7 aromatic rings. The lowest BCUT2D eigenvalue weighted by atomic mass is 9.89. The number of aliphatic hydroxyl groups excluding tert-OH is 16. The van der Waals surface area contributed by atoms with Gasteiger partial charge in [-0.15, -0.1) is 0 Å². The number of halogens is 1. The lowest BCUT2D eigenvalue weighted by Gasteiger charge is -2.45. The van der Waals surface area contributed by atoms with Crippen LogP contribution in [0.3, 0.4) is 0 Å². The van der Waals surface area contributed by atoms with E-state index in [1.165, 1.54) is 50.2 Å². The van der Waals surface area contributed by atoms with Crippen LogP contribution in [0, 0.1) is 6.92 Å². The number of hydrogen-bond acceptors (Lipinski definition) is 42. The zero-order chi connectivity index (χ0) is 99.6. The van der Waals surface area contributed by atoms with Crippen molar-refractivity contribution >= 4 is 53.0 Å². The molecule has 32 atom stereocenters. The van der Waals surface area contributed by atoms with Crippen LogP contribution in [-0.4, -0.2) is 331 Å².